The number of benzene rings is 3. The lowest BCUT2D eigenvalue weighted by atomic mass is 9.87. The summed E-state index contributed by atoms with van der Waals surface area (Å²) in [6.07, 6.45) is 11.6. The Hall–Kier alpha value is -7.87. The molecule has 78 heavy (non-hydrogen) atoms. The van der Waals surface area contributed by atoms with Gasteiger partial charge in [0.15, 0.2) is 5.71 Å². The summed E-state index contributed by atoms with van der Waals surface area (Å²) in [5.74, 6) is 1.68. The average molecular weight is 1100 g/mol. The molecule has 7 N–H and O–H groups in total. The number of carbonyl (C=O) groups is 4. The first-order valence-corrected chi connectivity index (χ1v) is 28.7. The SMILES string of the molecule is C#CC[C@@H]1CN(c2ccc3c(c2)CC[C@H](NC(=O)c2sc4nc(C(C)NC(=O)C5CCN(CCNC(=O)c6cnc(N/N=C7/C(=O)N(c8nc(-c9ccccc9)cs8)N=C7c7ccccc7)s6)CC5)ccc4c2N)C3)CCN1. The molecule has 4 aliphatic rings. The van der Waals surface area contributed by atoms with Crippen molar-refractivity contribution >= 4 is 101 Å². The van der Waals surface area contributed by atoms with E-state index in [0.717, 1.165) is 66.9 Å². The van der Waals surface area contributed by atoms with E-state index in [0.29, 0.717) is 99.0 Å². The number of piperazine rings is 1. The van der Waals surface area contributed by atoms with E-state index in [4.69, 9.17) is 17.1 Å². The minimum absolute atomic E-state index is 0.0101. The Bertz CT molecular complexity index is 3470. The molecule has 0 radical (unpaired) electrons. The number of nitrogens with one attached hydrogen (secondary N) is 5. The predicted octanol–water partition coefficient (Wildman–Crippen LogP) is 7.09. The van der Waals surface area contributed by atoms with Crippen LogP contribution in [0.1, 0.15) is 80.4 Å². The molecular formula is C57H58N14O4S3. The van der Waals surface area contributed by atoms with Crippen LogP contribution in [-0.4, -0.2) is 113 Å². The van der Waals surface area contributed by atoms with Crippen molar-refractivity contribution in [3.8, 4) is 23.6 Å². The maximum absolute atomic E-state index is 13.8. The van der Waals surface area contributed by atoms with Gasteiger partial charge in [0, 0.05) is 84.7 Å². The molecule has 398 valence electrons. The predicted molar refractivity (Wildman–Crippen MR) is 310 cm³/mol. The van der Waals surface area contributed by atoms with Crippen molar-refractivity contribution in [3.63, 3.8) is 0 Å². The van der Waals surface area contributed by atoms with Gasteiger partial charge in [-0.15, -0.1) is 35.0 Å². The number of likely N-dealkylation sites (tertiary alicyclic amines) is 1. The summed E-state index contributed by atoms with van der Waals surface area (Å²) in [4.78, 5) is 74.3. The second-order valence-corrected chi connectivity index (χ2v) is 22.7. The first kappa shape index (κ1) is 52.2. The molecule has 4 amide bonds. The molecule has 0 spiro atoms. The van der Waals surface area contributed by atoms with Gasteiger partial charge in [-0.1, -0.05) is 78.1 Å². The molecule has 1 aliphatic carbocycles. The number of aryl methyl sites for hydroxylation is 1. The lowest BCUT2D eigenvalue weighted by Gasteiger charge is -2.35. The number of terminal acetylenes is 1. The third-order valence-electron chi connectivity index (χ3n) is 14.6. The number of aromatic nitrogens is 3. The van der Waals surface area contributed by atoms with Gasteiger partial charge in [-0.05, 0) is 87.5 Å². The number of hydrazone groups is 2. The van der Waals surface area contributed by atoms with Crippen molar-refractivity contribution in [1.29, 1.82) is 0 Å². The first-order chi connectivity index (χ1) is 38.0. The van der Waals surface area contributed by atoms with E-state index in [1.165, 1.54) is 50.7 Å². The maximum atomic E-state index is 13.8. The molecule has 0 saturated carbocycles. The molecule has 3 aromatic carbocycles. The number of pyridine rings is 1. The Morgan fingerprint density at radius 2 is 1.73 bits per heavy atom. The van der Waals surface area contributed by atoms with Crippen LogP contribution in [0.4, 0.5) is 21.6 Å². The zero-order valence-electron chi connectivity index (χ0n) is 42.9. The Morgan fingerprint density at radius 3 is 2.53 bits per heavy atom. The van der Waals surface area contributed by atoms with E-state index in [9.17, 15) is 19.2 Å². The number of anilines is 4. The topological polar surface area (TPSA) is 228 Å². The average Bonchev–Trinajstić information content (AvgIpc) is 4.30. The molecule has 11 rings (SSSR count). The van der Waals surface area contributed by atoms with Crippen molar-refractivity contribution in [3.05, 3.63) is 135 Å². The Kier molecular flexibility index (Phi) is 15.7. The monoisotopic (exact) mass is 1100 g/mol. The number of carbonyl (C=O) groups excluding carboxylic acids is 4. The van der Waals surface area contributed by atoms with Crippen LogP contribution >= 0.6 is 34.0 Å². The van der Waals surface area contributed by atoms with E-state index >= 15 is 0 Å². The van der Waals surface area contributed by atoms with E-state index in [-0.39, 0.29) is 41.4 Å². The highest BCUT2D eigenvalue weighted by atomic mass is 32.1. The van der Waals surface area contributed by atoms with Crippen LogP contribution in [0.25, 0.3) is 21.5 Å². The van der Waals surface area contributed by atoms with Gasteiger partial charge in [0.25, 0.3) is 11.8 Å². The summed E-state index contributed by atoms with van der Waals surface area (Å²) in [5.41, 5.74) is 17.2. The second-order valence-electron chi connectivity index (χ2n) is 19.8. The van der Waals surface area contributed by atoms with Crippen molar-refractivity contribution in [2.75, 3.05) is 66.9 Å². The van der Waals surface area contributed by atoms with Crippen LogP contribution in [0.2, 0.25) is 0 Å². The Morgan fingerprint density at radius 1 is 0.936 bits per heavy atom. The number of nitrogens with zero attached hydrogens (tertiary/aromatic N) is 8. The van der Waals surface area contributed by atoms with Crippen LogP contribution < -0.4 is 42.3 Å². The number of nitrogens with two attached hydrogens (primary N) is 1. The summed E-state index contributed by atoms with van der Waals surface area (Å²) < 4.78 is 0. The molecule has 3 aliphatic heterocycles. The zero-order chi connectivity index (χ0) is 53.7. The smallest absolute Gasteiger partial charge is 0.303 e. The normalized spacial score (nSPS) is 18.8. The van der Waals surface area contributed by atoms with Crippen molar-refractivity contribution in [1.82, 2.24) is 41.1 Å². The standard InChI is InChI=1S/C57H58N14O4S3/c1-3-10-41-32-70(28-24-59-41)42-18-16-38-29-40(17-15-39(38)30-42)63-53(74)50-47(58)43-19-20-44(64-54(43)78-50)34(2)62-51(72)37-21-25-69(26-22-37)27-23-60-52(73)46-31-61-56(77-46)67-66-49-48(36-13-8-5-9-14-36)68-71(55(49)75)57-65-45(33-76-57)35-11-6-4-7-12-35/h1,4-9,11-14,16,18-20,30-31,33-34,37,40-41,59H,10,15,17,21-29,32,58H2,2H3,(H,60,73)(H,61,67)(H,62,72)(H,63,74)/b66-49+/t34?,40-,41+/m0/s1. The fraction of sp³-hybridized carbons (Fsp3) is 0.316. The molecule has 2 fully saturated rings. The van der Waals surface area contributed by atoms with Crippen molar-refractivity contribution in [2.24, 2.45) is 16.1 Å². The highest BCUT2D eigenvalue weighted by Crippen LogP contribution is 2.35. The quantitative estimate of drug-likeness (QED) is 0.0422. The number of rotatable bonds is 16. The van der Waals surface area contributed by atoms with Gasteiger partial charge < -0.3 is 36.8 Å². The lowest BCUT2D eigenvalue weighted by Crippen LogP contribution is -2.50. The number of hydrogen-bond acceptors (Lipinski definition) is 17. The maximum Gasteiger partial charge on any atom is 0.303 e. The minimum atomic E-state index is -0.447. The van der Waals surface area contributed by atoms with Crippen LogP contribution in [0.3, 0.4) is 0 Å². The Labute approximate surface area is 463 Å². The fourth-order valence-corrected chi connectivity index (χ4v) is 12.8. The van der Waals surface area contributed by atoms with Gasteiger partial charge in [-0.3, -0.25) is 24.6 Å². The third-order valence-corrected chi connectivity index (χ3v) is 17.5. The number of nitrogen functional groups attached to an aromatic ring is 1. The van der Waals surface area contributed by atoms with Gasteiger partial charge in [0.2, 0.25) is 16.2 Å². The summed E-state index contributed by atoms with van der Waals surface area (Å²) in [6, 6.07) is 29.4. The number of fused-ring (bicyclic) bond motifs is 2. The number of amides is 4. The van der Waals surface area contributed by atoms with Crippen LogP contribution in [-0.2, 0) is 22.4 Å². The van der Waals surface area contributed by atoms with Gasteiger partial charge in [0.05, 0.1) is 29.3 Å². The van der Waals surface area contributed by atoms with Gasteiger partial charge in [-0.25, -0.2) is 15.0 Å². The molecule has 0 bridgehead atoms. The molecular weight excluding hydrogens is 1040 g/mol. The number of piperidine rings is 1. The molecule has 7 aromatic rings. The molecule has 2 saturated heterocycles. The fourth-order valence-electron chi connectivity index (χ4n) is 10.4. The zero-order valence-corrected chi connectivity index (χ0v) is 45.4. The summed E-state index contributed by atoms with van der Waals surface area (Å²) >= 11 is 3.71. The molecule has 21 heteroatoms. The summed E-state index contributed by atoms with van der Waals surface area (Å²) in [6.45, 7) is 7.11. The van der Waals surface area contributed by atoms with E-state index < -0.39 is 5.91 Å². The first-order valence-electron chi connectivity index (χ1n) is 26.2. The van der Waals surface area contributed by atoms with E-state index in [1.54, 1.807) is 0 Å². The number of thiazole rings is 2. The van der Waals surface area contributed by atoms with Crippen LogP contribution in [0.15, 0.2) is 113 Å². The highest BCUT2D eigenvalue weighted by Gasteiger charge is 2.36. The van der Waals surface area contributed by atoms with Gasteiger partial charge in [-0.2, -0.15) is 15.2 Å². The van der Waals surface area contributed by atoms with E-state index in [1.807, 2.05) is 85.1 Å². The second kappa shape index (κ2) is 23.4. The highest BCUT2D eigenvalue weighted by molar-refractivity contribution is 7.21. The molecule has 3 atom stereocenters. The van der Waals surface area contributed by atoms with Crippen molar-refractivity contribution < 1.29 is 19.2 Å². The molecule has 1 unspecified atom stereocenters. The minimum Gasteiger partial charge on any atom is -0.397 e. The molecule has 7 heterocycles. The summed E-state index contributed by atoms with van der Waals surface area (Å²) in [5, 5.41) is 26.6. The van der Waals surface area contributed by atoms with Crippen LogP contribution in [0, 0.1) is 18.3 Å². The third kappa shape index (κ3) is 11.5. The van der Waals surface area contributed by atoms with Gasteiger partial charge in [0.1, 0.15) is 20.3 Å². The molecule has 18 nitrogen and oxygen atoms in total. The lowest BCUT2D eigenvalue weighted by molar-refractivity contribution is -0.127. The van der Waals surface area contributed by atoms with Gasteiger partial charge >= 0.3 is 5.91 Å². The largest absolute Gasteiger partial charge is 0.397 e. The Balaban J connectivity index is 0.624. The van der Waals surface area contributed by atoms with Crippen molar-refractivity contribution in [2.45, 2.75) is 63.6 Å². The van der Waals surface area contributed by atoms with E-state index in [2.05, 4.69) is 80.8 Å². The van der Waals surface area contributed by atoms with Crippen LogP contribution in [0.5, 0.6) is 0 Å². The molecule has 4 aromatic heterocycles. The summed E-state index contributed by atoms with van der Waals surface area (Å²) in [7, 11) is 0. The number of hydrogen-bond donors (Lipinski definition) is 6. The number of thiophene rings is 1.